The summed E-state index contributed by atoms with van der Waals surface area (Å²) in [5.74, 6) is 0.981. The summed E-state index contributed by atoms with van der Waals surface area (Å²) in [6, 6.07) is 5.44. The minimum absolute atomic E-state index is 0.0702. The van der Waals surface area contributed by atoms with Gasteiger partial charge in [0, 0.05) is 29.8 Å². The van der Waals surface area contributed by atoms with Crippen LogP contribution in [0.4, 0.5) is 0 Å². The predicted molar refractivity (Wildman–Crippen MR) is 77.7 cm³/mol. The maximum absolute atomic E-state index is 11.1. The van der Waals surface area contributed by atoms with E-state index in [4.69, 9.17) is 28.9 Å². The molecule has 4 nitrogen and oxygen atoms in total. The fraction of sp³-hybridized carbons (Fsp3) is 0.385. The van der Waals surface area contributed by atoms with Crippen molar-refractivity contribution in [3.63, 3.8) is 0 Å². The highest BCUT2D eigenvalue weighted by Crippen LogP contribution is 2.26. The van der Waals surface area contributed by atoms with E-state index in [1.54, 1.807) is 6.07 Å². The van der Waals surface area contributed by atoms with E-state index in [0.29, 0.717) is 17.3 Å². The lowest BCUT2D eigenvalue weighted by Crippen LogP contribution is -2.19. The van der Waals surface area contributed by atoms with Gasteiger partial charge < -0.3 is 10.3 Å². The Kier molecular flexibility index (Phi) is 4.32. The van der Waals surface area contributed by atoms with Crippen molar-refractivity contribution in [2.45, 2.75) is 25.8 Å². The molecule has 102 valence electrons. The normalized spacial score (nSPS) is 12.8. The van der Waals surface area contributed by atoms with Gasteiger partial charge in [-0.2, -0.15) is 0 Å². The number of primary amides is 1. The van der Waals surface area contributed by atoms with E-state index in [2.05, 4.69) is 4.98 Å². The topological polar surface area (TPSA) is 60.9 Å². The molecule has 1 aromatic heterocycles. The maximum atomic E-state index is 11.1. The quantitative estimate of drug-likeness (QED) is 0.863. The van der Waals surface area contributed by atoms with Gasteiger partial charge in [-0.05, 0) is 25.1 Å². The van der Waals surface area contributed by atoms with E-state index in [-0.39, 0.29) is 18.4 Å². The van der Waals surface area contributed by atoms with Gasteiger partial charge in [-0.15, -0.1) is 11.6 Å². The lowest BCUT2D eigenvalue weighted by molar-refractivity contribution is -0.118. The van der Waals surface area contributed by atoms with Crippen molar-refractivity contribution in [1.29, 1.82) is 0 Å². The average Bonchev–Trinajstić information content (AvgIpc) is 2.65. The summed E-state index contributed by atoms with van der Waals surface area (Å²) < 4.78 is 1.99. The molecule has 0 bridgehead atoms. The monoisotopic (exact) mass is 299 g/mol. The number of fused-ring (bicyclic) bond motifs is 1. The molecule has 19 heavy (non-hydrogen) atoms. The number of rotatable bonds is 5. The summed E-state index contributed by atoms with van der Waals surface area (Å²) in [6.45, 7) is 1.94. The van der Waals surface area contributed by atoms with E-state index in [1.807, 2.05) is 23.6 Å². The van der Waals surface area contributed by atoms with Gasteiger partial charge in [0.15, 0.2) is 0 Å². The fourth-order valence-corrected chi connectivity index (χ4v) is 2.59. The molecule has 0 saturated carbocycles. The number of aryl methyl sites for hydroxylation is 1. The first-order valence-electron chi connectivity index (χ1n) is 6.03. The average molecular weight is 300 g/mol. The van der Waals surface area contributed by atoms with E-state index < -0.39 is 0 Å². The smallest absolute Gasteiger partial charge is 0.219 e. The zero-order valence-electron chi connectivity index (χ0n) is 10.6. The van der Waals surface area contributed by atoms with Gasteiger partial charge in [0.1, 0.15) is 5.82 Å². The van der Waals surface area contributed by atoms with Crippen LogP contribution in [0.25, 0.3) is 11.0 Å². The number of imidazole rings is 1. The molecule has 1 aromatic carbocycles. The second-order valence-corrected chi connectivity index (χ2v) is 5.30. The number of carbonyl (C=O) groups is 1. The molecule has 0 saturated heterocycles. The van der Waals surface area contributed by atoms with Gasteiger partial charge in [-0.3, -0.25) is 4.79 Å². The first-order valence-corrected chi connectivity index (χ1v) is 6.94. The van der Waals surface area contributed by atoms with Crippen LogP contribution >= 0.6 is 23.2 Å². The van der Waals surface area contributed by atoms with Gasteiger partial charge >= 0.3 is 0 Å². The SMILES string of the molecule is CC(CC(N)=O)n1c(CCCl)nc2ccc(Cl)cc21. The highest BCUT2D eigenvalue weighted by molar-refractivity contribution is 6.31. The highest BCUT2D eigenvalue weighted by Gasteiger charge is 2.17. The summed E-state index contributed by atoms with van der Waals surface area (Å²) in [5.41, 5.74) is 7.02. The van der Waals surface area contributed by atoms with Crippen molar-refractivity contribution >= 4 is 40.1 Å². The van der Waals surface area contributed by atoms with Crippen LogP contribution in [0.5, 0.6) is 0 Å². The molecule has 1 amide bonds. The number of amides is 1. The molecule has 1 unspecified atom stereocenters. The Morgan fingerprint density at radius 1 is 1.53 bits per heavy atom. The van der Waals surface area contributed by atoms with Crippen molar-refractivity contribution < 1.29 is 4.79 Å². The second-order valence-electron chi connectivity index (χ2n) is 4.49. The predicted octanol–water partition coefficient (Wildman–Crippen LogP) is 2.91. The number of alkyl halides is 1. The van der Waals surface area contributed by atoms with Crippen LogP contribution in [0.1, 0.15) is 25.2 Å². The second kappa shape index (κ2) is 5.80. The molecule has 0 aliphatic heterocycles. The van der Waals surface area contributed by atoms with Gasteiger partial charge in [-0.25, -0.2) is 4.98 Å². The van der Waals surface area contributed by atoms with Crippen LogP contribution in [-0.2, 0) is 11.2 Å². The third-order valence-corrected chi connectivity index (χ3v) is 3.40. The third-order valence-electron chi connectivity index (χ3n) is 2.98. The van der Waals surface area contributed by atoms with Crippen LogP contribution < -0.4 is 5.73 Å². The zero-order valence-corrected chi connectivity index (χ0v) is 12.1. The molecule has 2 rings (SSSR count). The Morgan fingerprint density at radius 3 is 2.89 bits per heavy atom. The summed E-state index contributed by atoms with van der Waals surface area (Å²) in [7, 11) is 0. The van der Waals surface area contributed by atoms with Crippen molar-refractivity contribution in [2.24, 2.45) is 5.73 Å². The molecule has 2 N–H and O–H groups in total. The Hall–Kier alpha value is -1.26. The third kappa shape index (κ3) is 3.01. The van der Waals surface area contributed by atoms with Crippen LogP contribution in [0.2, 0.25) is 5.02 Å². The van der Waals surface area contributed by atoms with E-state index in [0.717, 1.165) is 16.9 Å². The van der Waals surface area contributed by atoms with Gasteiger partial charge in [0.05, 0.1) is 11.0 Å². The van der Waals surface area contributed by atoms with Crippen molar-refractivity contribution in [3.05, 3.63) is 29.0 Å². The molecule has 0 spiro atoms. The van der Waals surface area contributed by atoms with Crippen LogP contribution in [0.15, 0.2) is 18.2 Å². The number of hydrogen-bond acceptors (Lipinski definition) is 2. The molecule has 0 aliphatic rings. The van der Waals surface area contributed by atoms with Crippen LogP contribution in [0.3, 0.4) is 0 Å². The zero-order chi connectivity index (χ0) is 14.0. The standard InChI is InChI=1S/C13H15Cl2N3O/c1-8(6-12(16)19)18-11-7-9(15)2-3-10(11)17-13(18)4-5-14/h2-3,7-8H,4-6H2,1H3,(H2,16,19). The molecule has 6 heteroatoms. The Morgan fingerprint density at radius 2 is 2.26 bits per heavy atom. The number of hydrogen-bond donors (Lipinski definition) is 1. The number of carbonyl (C=O) groups excluding carboxylic acids is 1. The van der Waals surface area contributed by atoms with Crippen molar-refractivity contribution in [1.82, 2.24) is 9.55 Å². The summed E-state index contributed by atoms with van der Waals surface area (Å²) >= 11 is 11.8. The van der Waals surface area contributed by atoms with Gasteiger partial charge in [0.2, 0.25) is 5.91 Å². The number of aromatic nitrogens is 2. The number of nitrogens with two attached hydrogens (primary N) is 1. The molecule has 0 fully saturated rings. The minimum Gasteiger partial charge on any atom is -0.370 e. The molecular weight excluding hydrogens is 285 g/mol. The van der Waals surface area contributed by atoms with E-state index in [9.17, 15) is 4.79 Å². The molecule has 1 heterocycles. The number of benzene rings is 1. The van der Waals surface area contributed by atoms with Crippen molar-refractivity contribution in [3.8, 4) is 0 Å². The molecule has 0 radical (unpaired) electrons. The minimum atomic E-state index is -0.340. The van der Waals surface area contributed by atoms with Gasteiger partial charge in [0.25, 0.3) is 0 Å². The first kappa shape index (κ1) is 14.2. The molecular formula is C13H15Cl2N3O. The largest absolute Gasteiger partial charge is 0.370 e. The van der Waals surface area contributed by atoms with Gasteiger partial charge in [-0.1, -0.05) is 11.6 Å². The maximum Gasteiger partial charge on any atom is 0.219 e. The molecule has 1 atom stereocenters. The van der Waals surface area contributed by atoms with Crippen LogP contribution in [-0.4, -0.2) is 21.3 Å². The molecule has 0 aliphatic carbocycles. The fourth-order valence-electron chi connectivity index (χ4n) is 2.25. The lowest BCUT2D eigenvalue weighted by atomic mass is 10.2. The summed E-state index contributed by atoms with van der Waals surface area (Å²) in [5, 5.41) is 0.636. The van der Waals surface area contributed by atoms with E-state index in [1.165, 1.54) is 0 Å². The molecule has 2 aromatic rings. The lowest BCUT2D eigenvalue weighted by Gasteiger charge is -2.16. The highest BCUT2D eigenvalue weighted by atomic mass is 35.5. The number of nitrogens with zero attached hydrogens (tertiary/aromatic N) is 2. The number of halogens is 2. The summed E-state index contributed by atoms with van der Waals surface area (Å²) in [4.78, 5) is 15.7. The van der Waals surface area contributed by atoms with Crippen LogP contribution in [0, 0.1) is 0 Å². The Bertz CT molecular complexity index is 609. The Balaban J connectivity index is 2.55. The first-order chi connectivity index (χ1) is 9.02. The summed E-state index contributed by atoms with van der Waals surface area (Å²) in [6.07, 6.45) is 0.893. The van der Waals surface area contributed by atoms with E-state index >= 15 is 0 Å². The Labute approximate surface area is 121 Å². The van der Waals surface area contributed by atoms with Crippen molar-refractivity contribution in [2.75, 3.05) is 5.88 Å².